The van der Waals surface area contributed by atoms with Crippen molar-refractivity contribution in [2.75, 3.05) is 24.7 Å². The number of benzene rings is 1. The summed E-state index contributed by atoms with van der Waals surface area (Å²) in [5, 5.41) is 6.00. The van der Waals surface area contributed by atoms with Crippen LogP contribution in [0.2, 0.25) is 0 Å². The van der Waals surface area contributed by atoms with Crippen molar-refractivity contribution in [1.82, 2.24) is 5.32 Å². The minimum Gasteiger partial charge on any atom is -0.377 e. The van der Waals surface area contributed by atoms with Crippen molar-refractivity contribution in [2.45, 2.75) is 10.9 Å². The molecule has 1 saturated heterocycles. The predicted octanol–water partition coefficient (Wildman–Crippen LogP) is 0.613. The lowest BCUT2D eigenvalue weighted by Crippen LogP contribution is -2.51. The van der Waals surface area contributed by atoms with Gasteiger partial charge in [-0.05, 0) is 18.2 Å². The topological polar surface area (TPSA) is 58.2 Å². The van der Waals surface area contributed by atoms with Crippen molar-refractivity contribution in [3.63, 3.8) is 0 Å². The zero-order chi connectivity index (χ0) is 11.8. The van der Waals surface area contributed by atoms with Crippen LogP contribution in [0, 0.1) is 5.82 Å². The Kier molecular flexibility index (Phi) is 2.86. The Morgan fingerprint density at radius 2 is 2.12 bits per heavy atom. The number of halogens is 1. The molecule has 88 valence electrons. The zero-order valence-corrected chi connectivity index (χ0v) is 9.64. The summed E-state index contributed by atoms with van der Waals surface area (Å²) >= 11 is 0. The summed E-state index contributed by atoms with van der Waals surface area (Å²) in [6.07, 6.45) is 1.11. The number of anilines is 1. The van der Waals surface area contributed by atoms with E-state index in [4.69, 9.17) is 0 Å². The van der Waals surface area contributed by atoms with E-state index in [9.17, 15) is 12.8 Å². The Hall–Kier alpha value is -1.14. The van der Waals surface area contributed by atoms with Crippen LogP contribution in [0.3, 0.4) is 0 Å². The molecule has 1 aliphatic rings. The van der Waals surface area contributed by atoms with Gasteiger partial charge in [0.1, 0.15) is 5.82 Å². The molecular formula is C10H13FN2O2S. The molecular weight excluding hydrogens is 231 g/mol. The van der Waals surface area contributed by atoms with Crippen molar-refractivity contribution >= 4 is 15.5 Å². The lowest BCUT2D eigenvalue weighted by Gasteiger charge is -2.29. The molecule has 1 aromatic rings. The van der Waals surface area contributed by atoms with Crippen LogP contribution in [0.1, 0.15) is 0 Å². The molecule has 0 unspecified atom stereocenters. The molecule has 0 bridgehead atoms. The van der Waals surface area contributed by atoms with E-state index < -0.39 is 15.7 Å². The molecule has 0 radical (unpaired) electrons. The quantitative estimate of drug-likeness (QED) is 0.765. The van der Waals surface area contributed by atoms with Crippen LogP contribution in [0.5, 0.6) is 0 Å². The van der Waals surface area contributed by atoms with E-state index in [1.54, 1.807) is 0 Å². The molecule has 0 aromatic heterocycles. The van der Waals surface area contributed by atoms with Gasteiger partial charge in [-0.25, -0.2) is 12.8 Å². The number of rotatable bonds is 3. The van der Waals surface area contributed by atoms with E-state index in [1.807, 2.05) is 0 Å². The molecule has 16 heavy (non-hydrogen) atoms. The summed E-state index contributed by atoms with van der Waals surface area (Å²) in [4.78, 5) is 0.128. The van der Waals surface area contributed by atoms with Crippen molar-refractivity contribution in [3.8, 4) is 0 Å². The number of nitrogens with one attached hydrogen (secondary N) is 2. The second-order valence-electron chi connectivity index (χ2n) is 3.91. The highest BCUT2D eigenvalue weighted by Crippen LogP contribution is 2.20. The Bertz CT molecular complexity index is 498. The number of hydrogen-bond acceptors (Lipinski definition) is 4. The first kappa shape index (κ1) is 11.3. The molecule has 2 N–H and O–H groups in total. The molecule has 4 nitrogen and oxygen atoms in total. The third-order valence-corrected chi connectivity index (χ3v) is 3.62. The second-order valence-corrected chi connectivity index (χ2v) is 5.93. The molecule has 2 rings (SSSR count). The van der Waals surface area contributed by atoms with Crippen LogP contribution in [0.4, 0.5) is 10.1 Å². The van der Waals surface area contributed by atoms with E-state index in [1.165, 1.54) is 18.2 Å². The average molecular weight is 244 g/mol. The Balaban J connectivity index is 2.28. The molecule has 0 spiro atoms. The van der Waals surface area contributed by atoms with Gasteiger partial charge < -0.3 is 10.6 Å². The van der Waals surface area contributed by atoms with Gasteiger partial charge in [0.05, 0.1) is 16.6 Å². The number of hydrogen-bond donors (Lipinski definition) is 2. The minimum absolute atomic E-state index is 0.128. The highest BCUT2D eigenvalue weighted by Gasteiger charge is 2.18. The van der Waals surface area contributed by atoms with Gasteiger partial charge in [-0.1, -0.05) is 0 Å². The summed E-state index contributed by atoms with van der Waals surface area (Å²) in [7, 11) is -3.29. The van der Waals surface area contributed by atoms with Crippen LogP contribution in [-0.2, 0) is 9.84 Å². The fourth-order valence-electron chi connectivity index (χ4n) is 1.46. The molecule has 6 heteroatoms. The summed E-state index contributed by atoms with van der Waals surface area (Å²) in [6, 6.07) is 3.95. The molecule has 0 amide bonds. The molecule has 0 aliphatic carbocycles. The monoisotopic (exact) mass is 244 g/mol. The maximum Gasteiger partial charge on any atom is 0.175 e. The molecule has 0 saturated carbocycles. The van der Waals surface area contributed by atoms with E-state index >= 15 is 0 Å². The molecule has 1 heterocycles. The smallest absolute Gasteiger partial charge is 0.175 e. The minimum atomic E-state index is -3.29. The largest absolute Gasteiger partial charge is 0.377 e. The SMILES string of the molecule is CS(=O)(=O)c1ccc(F)c(NC2CNC2)c1. The van der Waals surface area contributed by atoms with Crippen molar-refractivity contribution in [3.05, 3.63) is 24.0 Å². The molecule has 1 aliphatic heterocycles. The first-order valence-electron chi connectivity index (χ1n) is 4.94. The van der Waals surface area contributed by atoms with E-state index in [2.05, 4.69) is 10.6 Å². The summed E-state index contributed by atoms with van der Waals surface area (Å²) in [5.41, 5.74) is 0.245. The van der Waals surface area contributed by atoms with Gasteiger partial charge in [-0.15, -0.1) is 0 Å². The molecule has 0 atom stereocenters. The lowest BCUT2D eigenvalue weighted by atomic mass is 10.1. The predicted molar refractivity (Wildman–Crippen MR) is 59.8 cm³/mol. The third kappa shape index (κ3) is 2.33. The Morgan fingerprint density at radius 1 is 1.44 bits per heavy atom. The standard InChI is InChI=1S/C10H13FN2O2S/c1-16(14,15)8-2-3-9(11)10(4-8)13-7-5-12-6-7/h2-4,7,12-13H,5-6H2,1H3. The zero-order valence-electron chi connectivity index (χ0n) is 8.83. The van der Waals surface area contributed by atoms with Crippen molar-refractivity contribution in [2.24, 2.45) is 0 Å². The molecule has 1 fully saturated rings. The first-order valence-corrected chi connectivity index (χ1v) is 6.83. The van der Waals surface area contributed by atoms with Crippen molar-refractivity contribution in [1.29, 1.82) is 0 Å². The summed E-state index contributed by atoms with van der Waals surface area (Å²) < 4.78 is 36.0. The van der Waals surface area contributed by atoms with Crippen LogP contribution in [0.25, 0.3) is 0 Å². The normalized spacial score (nSPS) is 16.9. The number of sulfone groups is 1. The van der Waals surface area contributed by atoms with Gasteiger partial charge in [0.25, 0.3) is 0 Å². The van der Waals surface area contributed by atoms with E-state index in [-0.39, 0.29) is 16.6 Å². The van der Waals surface area contributed by atoms with Crippen LogP contribution in [0.15, 0.2) is 23.1 Å². The van der Waals surface area contributed by atoms with E-state index in [0.717, 1.165) is 19.3 Å². The van der Waals surface area contributed by atoms with Crippen molar-refractivity contribution < 1.29 is 12.8 Å². The summed E-state index contributed by atoms with van der Waals surface area (Å²) in [6.45, 7) is 1.53. The average Bonchev–Trinajstić information content (AvgIpc) is 2.11. The molecule has 1 aromatic carbocycles. The first-order chi connectivity index (χ1) is 7.47. The van der Waals surface area contributed by atoms with E-state index in [0.29, 0.717) is 0 Å². The lowest BCUT2D eigenvalue weighted by molar-refractivity contribution is 0.469. The Labute approximate surface area is 93.8 Å². The van der Waals surface area contributed by atoms with Crippen LogP contribution in [-0.4, -0.2) is 33.8 Å². The van der Waals surface area contributed by atoms with Gasteiger partial charge in [0, 0.05) is 19.3 Å². The fourth-order valence-corrected chi connectivity index (χ4v) is 2.10. The summed E-state index contributed by atoms with van der Waals surface area (Å²) in [5.74, 6) is -0.431. The second kappa shape index (κ2) is 4.03. The van der Waals surface area contributed by atoms with Gasteiger partial charge in [0.15, 0.2) is 9.84 Å². The van der Waals surface area contributed by atoms with Crippen LogP contribution >= 0.6 is 0 Å². The van der Waals surface area contributed by atoms with Gasteiger partial charge in [-0.2, -0.15) is 0 Å². The maximum absolute atomic E-state index is 13.4. The van der Waals surface area contributed by atoms with Crippen LogP contribution < -0.4 is 10.6 Å². The maximum atomic E-state index is 13.4. The third-order valence-electron chi connectivity index (χ3n) is 2.51. The highest BCUT2D eigenvalue weighted by atomic mass is 32.2. The van der Waals surface area contributed by atoms with Gasteiger partial charge in [0.2, 0.25) is 0 Å². The Morgan fingerprint density at radius 3 is 2.62 bits per heavy atom. The van der Waals surface area contributed by atoms with Gasteiger partial charge in [-0.3, -0.25) is 0 Å². The highest BCUT2D eigenvalue weighted by molar-refractivity contribution is 7.90. The van der Waals surface area contributed by atoms with Gasteiger partial charge >= 0.3 is 0 Å². The fraction of sp³-hybridized carbons (Fsp3) is 0.400.